The minimum Gasteiger partial charge on any atom is -0.336 e. The highest BCUT2D eigenvalue weighted by Gasteiger charge is 2.26. The monoisotopic (exact) mass is 281 g/mol. The summed E-state index contributed by atoms with van der Waals surface area (Å²) in [4.78, 5) is 19.8. The molecule has 19 heavy (non-hydrogen) atoms. The zero-order valence-corrected chi connectivity index (χ0v) is 12.8. The van der Waals surface area contributed by atoms with Gasteiger partial charge in [0.1, 0.15) is 4.88 Å². The van der Waals surface area contributed by atoms with Gasteiger partial charge in [-0.25, -0.2) is 4.98 Å². The van der Waals surface area contributed by atoms with E-state index in [4.69, 9.17) is 5.73 Å². The van der Waals surface area contributed by atoms with E-state index < -0.39 is 0 Å². The lowest BCUT2D eigenvalue weighted by atomic mass is 10.0. The Hall–Kier alpha value is -0.940. The minimum atomic E-state index is 0.122. The van der Waals surface area contributed by atoms with E-state index in [0.717, 1.165) is 41.4 Å². The standard InChI is InChI=1S/C14H23N3OS/c1-9(2)7-12-13(19-10(3)16-12)14(18)17-6-4-5-11(15)8-17/h9,11H,4-8,15H2,1-3H3. The molecule has 1 aliphatic heterocycles. The van der Waals surface area contributed by atoms with E-state index in [0.29, 0.717) is 12.5 Å². The Morgan fingerprint density at radius 1 is 1.58 bits per heavy atom. The first kappa shape index (κ1) is 14.5. The predicted octanol–water partition coefficient (Wildman–Crippen LogP) is 2.21. The Kier molecular flexibility index (Phi) is 4.58. The van der Waals surface area contributed by atoms with Crippen LogP contribution in [0.15, 0.2) is 0 Å². The Bertz CT molecular complexity index is 456. The third-order valence-electron chi connectivity index (χ3n) is 3.35. The maximum absolute atomic E-state index is 12.6. The summed E-state index contributed by atoms with van der Waals surface area (Å²) in [6, 6.07) is 0.125. The molecule has 4 nitrogen and oxygen atoms in total. The molecule has 1 atom stereocenters. The van der Waals surface area contributed by atoms with Gasteiger partial charge in [0.05, 0.1) is 10.7 Å². The molecule has 0 radical (unpaired) electrons. The molecular weight excluding hydrogens is 258 g/mol. The van der Waals surface area contributed by atoms with Crippen LogP contribution in [0.25, 0.3) is 0 Å². The lowest BCUT2D eigenvalue weighted by Crippen LogP contribution is -2.45. The fraction of sp³-hybridized carbons (Fsp3) is 0.714. The topological polar surface area (TPSA) is 59.2 Å². The van der Waals surface area contributed by atoms with Gasteiger partial charge in [-0.3, -0.25) is 4.79 Å². The zero-order valence-electron chi connectivity index (χ0n) is 12.0. The number of rotatable bonds is 3. The van der Waals surface area contributed by atoms with Gasteiger partial charge in [-0.1, -0.05) is 13.8 Å². The van der Waals surface area contributed by atoms with E-state index in [1.807, 2.05) is 11.8 Å². The van der Waals surface area contributed by atoms with Gasteiger partial charge >= 0.3 is 0 Å². The number of aryl methyl sites for hydroxylation is 1. The number of carbonyl (C=O) groups is 1. The van der Waals surface area contributed by atoms with Crippen molar-refractivity contribution in [3.05, 3.63) is 15.6 Å². The van der Waals surface area contributed by atoms with Gasteiger partial charge in [0.25, 0.3) is 5.91 Å². The Morgan fingerprint density at radius 2 is 2.32 bits per heavy atom. The molecule has 0 aromatic carbocycles. The zero-order chi connectivity index (χ0) is 14.0. The second-order valence-electron chi connectivity index (χ2n) is 5.76. The highest BCUT2D eigenvalue weighted by Crippen LogP contribution is 2.24. The summed E-state index contributed by atoms with van der Waals surface area (Å²) < 4.78 is 0. The molecule has 1 amide bonds. The predicted molar refractivity (Wildman–Crippen MR) is 78.5 cm³/mol. The fourth-order valence-corrected chi connectivity index (χ4v) is 3.41. The quantitative estimate of drug-likeness (QED) is 0.924. The van der Waals surface area contributed by atoms with Crippen LogP contribution in [0.3, 0.4) is 0 Å². The van der Waals surface area contributed by atoms with Gasteiger partial charge in [0, 0.05) is 19.1 Å². The first-order chi connectivity index (χ1) is 8.97. The van der Waals surface area contributed by atoms with Crippen molar-refractivity contribution in [3.63, 3.8) is 0 Å². The van der Waals surface area contributed by atoms with Crippen molar-refractivity contribution < 1.29 is 4.79 Å². The molecule has 106 valence electrons. The van der Waals surface area contributed by atoms with Crippen molar-refractivity contribution in [2.45, 2.75) is 46.1 Å². The number of thiazole rings is 1. The molecule has 2 N–H and O–H groups in total. The maximum Gasteiger partial charge on any atom is 0.265 e. The molecular formula is C14H23N3OS. The van der Waals surface area contributed by atoms with Gasteiger partial charge in [-0.05, 0) is 32.1 Å². The first-order valence-corrected chi connectivity index (χ1v) is 7.80. The molecule has 1 aliphatic rings. The Balaban J connectivity index is 2.18. The van der Waals surface area contributed by atoms with E-state index in [1.165, 1.54) is 11.3 Å². The Labute approximate surface area is 119 Å². The molecule has 1 fully saturated rings. The Morgan fingerprint density at radius 3 is 2.95 bits per heavy atom. The summed E-state index contributed by atoms with van der Waals surface area (Å²) in [5.74, 6) is 0.632. The van der Waals surface area contributed by atoms with E-state index in [9.17, 15) is 4.79 Å². The fourth-order valence-electron chi connectivity index (χ4n) is 2.50. The van der Waals surface area contributed by atoms with Crippen LogP contribution in [0.5, 0.6) is 0 Å². The first-order valence-electron chi connectivity index (χ1n) is 6.98. The molecule has 1 saturated heterocycles. The van der Waals surface area contributed by atoms with Crippen LogP contribution in [0.4, 0.5) is 0 Å². The number of piperidine rings is 1. The van der Waals surface area contributed by atoms with Crippen molar-refractivity contribution in [2.75, 3.05) is 13.1 Å². The average molecular weight is 281 g/mol. The summed E-state index contributed by atoms with van der Waals surface area (Å²) >= 11 is 1.52. The third-order valence-corrected chi connectivity index (χ3v) is 4.35. The van der Waals surface area contributed by atoms with Gasteiger partial charge in [0.2, 0.25) is 0 Å². The molecule has 0 saturated carbocycles. The van der Waals surface area contributed by atoms with Crippen molar-refractivity contribution in [3.8, 4) is 0 Å². The van der Waals surface area contributed by atoms with Crippen LogP contribution in [-0.2, 0) is 6.42 Å². The van der Waals surface area contributed by atoms with Gasteiger partial charge in [-0.2, -0.15) is 0 Å². The van der Waals surface area contributed by atoms with E-state index >= 15 is 0 Å². The second-order valence-corrected chi connectivity index (χ2v) is 6.96. The number of nitrogens with two attached hydrogens (primary N) is 1. The van der Waals surface area contributed by atoms with E-state index in [1.54, 1.807) is 0 Å². The van der Waals surface area contributed by atoms with Crippen molar-refractivity contribution in [1.29, 1.82) is 0 Å². The lowest BCUT2D eigenvalue weighted by molar-refractivity contribution is 0.0712. The minimum absolute atomic E-state index is 0.122. The SMILES string of the molecule is Cc1nc(CC(C)C)c(C(=O)N2CCCC(N)C2)s1. The molecule has 0 bridgehead atoms. The molecule has 0 spiro atoms. The summed E-state index contributed by atoms with van der Waals surface area (Å²) in [5.41, 5.74) is 6.92. The van der Waals surface area contributed by atoms with Crippen LogP contribution in [0.1, 0.15) is 47.1 Å². The molecule has 2 heterocycles. The number of nitrogens with zero attached hydrogens (tertiary/aromatic N) is 2. The molecule has 1 aromatic heterocycles. The molecule has 5 heteroatoms. The number of amides is 1. The van der Waals surface area contributed by atoms with Crippen molar-refractivity contribution >= 4 is 17.2 Å². The molecule has 2 rings (SSSR count). The number of aromatic nitrogens is 1. The van der Waals surface area contributed by atoms with Gasteiger partial charge < -0.3 is 10.6 Å². The van der Waals surface area contributed by atoms with Crippen molar-refractivity contribution in [1.82, 2.24) is 9.88 Å². The second kappa shape index (κ2) is 6.01. The van der Waals surface area contributed by atoms with Crippen LogP contribution >= 0.6 is 11.3 Å². The highest BCUT2D eigenvalue weighted by molar-refractivity contribution is 7.13. The number of likely N-dealkylation sites (tertiary alicyclic amines) is 1. The number of carbonyl (C=O) groups excluding carboxylic acids is 1. The largest absolute Gasteiger partial charge is 0.336 e. The van der Waals surface area contributed by atoms with E-state index in [-0.39, 0.29) is 11.9 Å². The smallest absolute Gasteiger partial charge is 0.265 e. The van der Waals surface area contributed by atoms with Crippen molar-refractivity contribution in [2.24, 2.45) is 11.7 Å². The van der Waals surface area contributed by atoms with Gasteiger partial charge in [-0.15, -0.1) is 11.3 Å². The molecule has 1 unspecified atom stereocenters. The van der Waals surface area contributed by atoms with Crippen LogP contribution in [0.2, 0.25) is 0 Å². The number of hydrogen-bond acceptors (Lipinski definition) is 4. The summed E-state index contributed by atoms with van der Waals surface area (Å²) in [6.07, 6.45) is 2.89. The van der Waals surface area contributed by atoms with E-state index in [2.05, 4.69) is 18.8 Å². The molecule has 1 aromatic rings. The summed E-state index contributed by atoms with van der Waals surface area (Å²) in [5, 5.41) is 0.973. The highest BCUT2D eigenvalue weighted by atomic mass is 32.1. The normalized spacial score (nSPS) is 20.1. The van der Waals surface area contributed by atoms with Crippen LogP contribution in [-0.4, -0.2) is 34.9 Å². The van der Waals surface area contributed by atoms with Crippen LogP contribution in [0, 0.1) is 12.8 Å². The molecule has 0 aliphatic carbocycles. The lowest BCUT2D eigenvalue weighted by Gasteiger charge is -2.30. The summed E-state index contributed by atoms with van der Waals surface area (Å²) in [6.45, 7) is 7.77. The number of hydrogen-bond donors (Lipinski definition) is 1. The van der Waals surface area contributed by atoms with Crippen LogP contribution < -0.4 is 5.73 Å². The maximum atomic E-state index is 12.6. The van der Waals surface area contributed by atoms with Gasteiger partial charge in [0.15, 0.2) is 0 Å². The summed E-state index contributed by atoms with van der Waals surface area (Å²) in [7, 11) is 0. The average Bonchev–Trinajstić information content (AvgIpc) is 2.68. The third kappa shape index (κ3) is 3.54.